The Morgan fingerprint density at radius 1 is 1.33 bits per heavy atom. The van der Waals surface area contributed by atoms with Crippen molar-refractivity contribution in [3.05, 3.63) is 32.9 Å². The molecule has 0 saturated carbocycles. The van der Waals surface area contributed by atoms with Gasteiger partial charge in [0.1, 0.15) is 0 Å². The first kappa shape index (κ1) is 10.2. The van der Waals surface area contributed by atoms with Crippen molar-refractivity contribution in [1.82, 2.24) is 0 Å². The lowest BCUT2D eigenvalue weighted by Crippen LogP contribution is -1.94. The molecule has 1 N–H and O–H groups in total. The van der Waals surface area contributed by atoms with Gasteiger partial charge in [0.15, 0.2) is 0 Å². The van der Waals surface area contributed by atoms with Crippen LogP contribution in [-0.2, 0) is 13.0 Å². The summed E-state index contributed by atoms with van der Waals surface area (Å²) in [5.41, 5.74) is 2.32. The first-order chi connectivity index (χ1) is 5.79. The average molecular weight is 289 g/mol. The van der Waals surface area contributed by atoms with E-state index in [0.29, 0.717) is 0 Å². The fraction of sp³-hybridized carbons (Fsp3) is 0.333. The number of aliphatic hydroxyl groups is 1. The van der Waals surface area contributed by atoms with Gasteiger partial charge in [-0.3, -0.25) is 0 Å². The molecular formula is C9H10IOSi. The quantitative estimate of drug-likeness (QED) is 0.666. The zero-order valence-electron chi connectivity index (χ0n) is 6.68. The standard InChI is InChI=1S/C9H10IOSi/c10-9-7(4-5-12)2-1-3-8(9)6-11/h1-3,11H,4-6H2. The van der Waals surface area contributed by atoms with E-state index in [0.717, 1.165) is 18.0 Å². The molecule has 0 amide bonds. The summed E-state index contributed by atoms with van der Waals surface area (Å²) in [4.78, 5) is 0. The van der Waals surface area contributed by atoms with Crippen molar-refractivity contribution < 1.29 is 5.11 Å². The van der Waals surface area contributed by atoms with Crippen LogP contribution in [0.2, 0.25) is 6.04 Å². The van der Waals surface area contributed by atoms with Gasteiger partial charge in [0.05, 0.1) is 6.61 Å². The number of aliphatic hydroxyl groups excluding tert-OH is 1. The summed E-state index contributed by atoms with van der Waals surface area (Å²) in [6.45, 7) is 0.133. The van der Waals surface area contributed by atoms with E-state index in [2.05, 4.69) is 38.9 Å². The van der Waals surface area contributed by atoms with Crippen molar-refractivity contribution in [2.45, 2.75) is 19.1 Å². The van der Waals surface area contributed by atoms with Crippen molar-refractivity contribution in [3.8, 4) is 0 Å². The second-order valence-corrected chi connectivity index (χ2v) is 4.13. The number of aryl methyl sites for hydroxylation is 1. The van der Waals surface area contributed by atoms with E-state index in [1.54, 1.807) is 0 Å². The number of benzene rings is 1. The molecule has 0 heterocycles. The largest absolute Gasteiger partial charge is 0.392 e. The average Bonchev–Trinajstić information content (AvgIpc) is 2.09. The molecule has 0 saturated heterocycles. The fourth-order valence-corrected chi connectivity index (χ4v) is 2.15. The highest BCUT2D eigenvalue weighted by molar-refractivity contribution is 14.1. The Kier molecular flexibility index (Phi) is 4.24. The van der Waals surface area contributed by atoms with Crippen molar-refractivity contribution >= 4 is 32.8 Å². The Hall–Kier alpha value is 0.127. The maximum atomic E-state index is 8.99. The molecule has 0 spiro atoms. The highest BCUT2D eigenvalue weighted by Crippen LogP contribution is 2.18. The molecule has 0 atom stereocenters. The van der Waals surface area contributed by atoms with E-state index in [4.69, 9.17) is 5.11 Å². The smallest absolute Gasteiger partial charge is 0.0692 e. The van der Waals surface area contributed by atoms with Crippen LogP contribution in [0.5, 0.6) is 0 Å². The topological polar surface area (TPSA) is 20.2 Å². The summed E-state index contributed by atoms with van der Waals surface area (Å²) in [6, 6.07) is 7.01. The first-order valence-electron chi connectivity index (χ1n) is 3.81. The molecule has 3 heteroatoms. The molecule has 0 bridgehead atoms. The molecule has 0 aromatic heterocycles. The van der Waals surface area contributed by atoms with E-state index in [9.17, 15) is 0 Å². The van der Waals surface area contributed by atoms with Crippen LogP contribution in [0.15, 0.2) is 18.2 Å². The number of hydrogen-bond donors (Lipinski definition) is 1. The normalized spacial score (nSPS) is 10.2. The molecule has 63 valence electrons. The third-order valence-corrected chi connectivity index (χ3v) is 3.36. The number of halogens is 1. The van der Waals surface area contributed by atoms with Crippen LogP contribution < -0.4 is 0 Å². The van der Waals surface area contributed by atoms with E-state index in [-0.39, 0.29) is 6.61 Å². The van der Waals surface area contributed by atoms with Gasteiger partial charge in [0, 0.05) is 13.8 Å². The summed E-state index contributed by atoms with van der Waals surface area (Å²) < 4.78 is 1.19. The van der Waals surface area contributed by atoms with Crippen molar-refractivity contribution in [3.63, 3.8) is 0 Å². The Morgan fingerprint density at radius 3 is 2.58 bits per heavy atom. The Labute approximate surface area is 89.8 Å². The van der Waals surface area contributed by atoms with Gasteiger partial charge in [-0.1, -0.05) is 24.2 Å². The molecule has 1 nitrogen and oxygen atoms in total. The Bertz CT molecular complexity index is 263. The molecule has 3 radical (unpaired) electrons. The monoisotopic (exact) mass is 289 g/mol. The summed E-state index contributed by atoms with van der Waals surface area (Å²) in [5.74, 6) is 0. The summed E-state index contributed by atoms with van der Waals surface area (Å²) in [5, 5.41) is 8.99. The van der Waals surface area contributed by atoms with Crippen LogP contribution in [0, 0.1) is 3.57 Å². The minimum Gasteiger partial charge on any atom is -0.392 e. The highest BCUT2D eigenvalue weighted by atomic mass is 127. The minimum absolute atomic E-state index is 0.133. The Morgan fingerprint density at radius 2 is 2.00 bits per heavy atom. The number of rotatable bonds is 3. The van der Waals surface area contributed by atoms with Gasteiger partial charge in [-0.25, -0.2) is 0 Å². The summed E-state index contributed by atoms with van der Waals surface area (Å²) in [7, 11) is 3.45. The maximum absolute atomic E-state index is 8.99. The van der Waals surface area contributed by atoms with E-state index >= 15 is 0 Å². The molecule has 0 aliphatic carbocycles. The molecule has 1 rings (SSSR count). The third kappa shape index (κ3) is 2.31. The second-order valence-electron chi connectivity index (χ2n) is 2.55. The molecule has 1 aromatic rings. The molecule has 0 unspecified atom stereocenters. The first-order valence-corrected chi connectivity index (χ1v) is 5.60. The van der Waals surface area contributed by atoms with Gasteiger partial charge in [0.2, 0.25) is 0 Å². The van der Waals surface area contributed by atoms with E-state index in [1.807, 2.05) is 12.1 Å². The van der Waals surface area contributed by atoms with Gasteiger partial charge < -0.3 is 5.11 Å². The second kappa shape index (κ2) is 4.99. The van der Waals surface area contributed by atoms with Gasteiger partial charge in [-0.2, -0.15) is 0 Å². The molecular weight excluding hydrogens is 279 g/mol. The lowest BCUT2D eigenvalue weighted by Gasteiger charge is -2.06. The van der Waals surface area contributed by atoms with Gasteiger partial charge >= 0.3 is 0 Å². The Balaban J connectivity index is 2.97. The maximum Gasteiger partial charge on any atom is 0.0692 e. The van der Waals surface area contributed by atoms with Crippen LogP contribution >= 0.6 is 22.6 Å². The van der Waals surface area contributed by atoms with Gasteiger partial charge in [-0.15, -0.1) is 0 Å². The highest BCUT2D eigenvalue weighted by Gasteiger charge is 2.02. The van der Waals surface area contributed by atoms with Crippen LogP contribution in [0.1, 0.15) is 11.1 Å². The zero-order chi connectivity index (χ0) is 8.97. The molecule has 1 aromatic carbocycles. The van der Waals surface area contributed by atoms with Crippen molar-refractivity contribution in [2.24, 2.45) is 0 Å². The van der Waals surface area contributed by atoms with Crippen LogP contribution in [0.3, 0.4) is 0 Å². The SMILES string of the molecule is OCc1cccc(CC[Si])c1I. The number of hydrogen-bond acceptors (Lipinski definition) is 1. The van der Waals surface area contributed by atoms with Crippen molar-refractivity contribution in [2.75, 3.05) is 0 Å². The molecule has 0 aliphatic heterocycles. The zero-order valence-corrected chi connectivity index (χ0v) is 9.84. The lowest BCUT2D eigenvalue weighted by atomic mass is 10.1. The predicted molar refractivity (Wildman–Crippen MR) is 59.3 cm³/mol. The van der Waals surface area contributed by atoms with Crippen LogP contribution in [-0.4, -0.2) is 15.3 Å². The van der Waals surface area contributed by atoms with Crippen LogP contribution in [0.25, 0.3) is 0 Å². The lowest BCUT2D eigenvalue weighted by molar-refractivity contribution is 0.281. The van der Waals surface area contributed by atoms with Gasteiger partial charge in [0.25, 0.3) is 0 Å². The van der Waals surface area contributed by atoms with Crippen molar-refractivity contribution in [1.29, 1.82) is 0 Å². The van der Waals surface area contributed by atoms with Crippen LogP contribution in [0.4, 0.5) is 0 Å². The van der Waals surface area contributed by atoms with Gasteiger partial charge in [-0.05, 0) is 40.1 Å². The molecule has 0 fully saturated rings. The molecule has 0 aliphatic rings. The third-order valence-electron chi connectivity index (χ3n) is 1.72. The van der Waals surface area contributed by atoms with E-state index in [1.165, 1.54) is 9.13 Å². The fourth-order valence-electron chi connectivity index (χ4n) is 1.08. The minimum atomic E-state index is 0.133. The molecule has 12 heavy (non-hydrogen) atoms. The predicted octanol–water partition coefficient (Wildman–Crippen LogP) is 1.91. The summed E-state index contributed by atoms with van der Waals surface area (Å²) in [6.07, 6.45) is 1.02. The summed E-state index contributed by atoms with van der Waals surface area (Å²) >= 11 is 2.28. The van der Waals surface area contributed by atoms with E-state index < -0.39 is 0 Å².